The molecule has 0 radical (unpaired) electrons. The van der Waals surface area contributed by atoms with Crippen molar-refractivity contribution in [3.63, 3.8) is 0 Å². The van der Waals surface area contributed by atoms with Crippen molar-refractivity contribution in [3.8, 4) is 17.8 Å². The van der Waals surface area contributed by atoms with Crippen molar-refractivity contribution in [2.24, 2.45) is 5.41 Å². The van der Waals surface area contributed by atoms with Crippen LogP contribution in [0.4, 0.5) is 0 Å². The van der Waals surface area contributed by atoms with E-state index in [1.807, 2.05) is 47.3 Å². The quantitative estimate of drug-likeness (QED) is 0.740. The average Bonchev–Trinajstić information content (AvgIpc) is 3.15. The Bertz CT molecular complexity index is 941. The van der Waals surface area contributed by atoms with Gasteiger partial charge in [0.2, 0.25) is 0 Å². The topological polar surface area (TPSA) is 65.4 Å². The van der Waals surface area contributed by atoms with Crippen LogP contribution in [-0.2, 0) is 0 Å². The van der Waals surface area contributed by atoms with E-state index in [1.165, 1.54) is 0 Å². The highest BCUT2D eigenvalue weighted by Gasteiger charge is 2.26. The fraction of sp³-hybridized carbons (Fsp3) is 0.227. The first-order valence-corrected chi connectivity index (χ1v) is 8.53. The normalized spacial score (nSPS) is 16.0. The summed E-state index contributed by atoms with van der Waals surface area (Å²) in [7, 11) is 0. The Labute approximate surface area is 154 Å². The van der Waals surface area contributed by atoms with Gasteiger partial charge in [-0.1, -0.05) is 44.2 Å². The molecule has 1 aliphatic rings. The van der Waals surface area contributed by atoms with Crippen LogP contribution in [0.5, 0.6) is 0 Å². The summed E-state index contributed by atoms with van der Waals surface area (Å²) >= 11 is 0. The number of nitrogens with zero attached hydrogens (tertiary/aromatic N) is 4. The molecule has 1 heterocycles. The summed E-state index contributed by atoms with van der Waals surface area (Å²) < 4.78 is 1.82. The Hall–Kier alpha value is -3.37. The maximum Gasteiger partial charge on any atom is 0.132 e. The number of benzene rings is 1. The van der Waals surface area contributed by atoms with E-state index in [0.717, 1.165) is 35.2 Å². The van der Waals surface area contributed by atoms with Gasteiger partial charge in [0.15, 0.2) is 0 Å². The standard InChI is InChI=1S/C22H20N4/c1-22(2)13-18(12-19(14-22)20(15-23)16-24)5-4-17-6-8-21(9-7-17)26-11-3-10-25-26/h3-12H,13-14H2,1-2H3/b5-4+. The molecule has 0 bridgehead atoms. The minimum absolute atomic E-state index is 0.0344. The molecule has 0 amide bonds. The smallest absolute Gasteiger partial charge is 0.132 e. The third kappa shape index (κ3) is 3.99. The molecule has 0 atom stereocenters. The van der Waals surface area contributed by atoms with Crippen LogP contribution in [0, 0.1) is 28.1 Å². The van der Waals surface area contributed by atoms with E-state index < -0.39 is 0 Å². The molecule has 0 aliphatic heterocycles. The van der Waals surface area contributed by atoms with E-state index in [9.17, 15) is 0 Å². The third-order valence-corrected chi connectivity index (χ3v) is 4.41. The van der Waals surface area contributed by atoms with Crippen LogP contribution < -0.4 is 0 Å². The lowest BCUT2D eigenvalue weighted by Gasteiger charge is -2.30. The Morgan fingerprint density at radius 1 is 1.12 bits per heavy atom. The van der Waals surface area contributed by atoms with Crippen LogP contribution in [0.3, 0.4) is 0 Å². The number of hydrogen-bond donors (Lipinski definition) is 0. The molecule has 26 heavy (non-hydrogen) atoms. The van der Waals surface area contributed by atoms with Gasteiger partial charge in [0.25, 0.3) is 0 Å². The monoisotopic (exact) mass is 340 g/mol. The second-order valence-corrected chi connectivity index (χ2v) is 7.24. The predicted molar refractivity (Wildman–Crippen MR) is 102 cm³/mol. The van der Waals surface area contributed by atoms with E-state index in [-0.39, 0.29) is 11.0 Å². The second-order valence-electron chi connectivity index (χ2n) is 7.24. The van der Waals surface area contributed by atoms with E-state index in [1.54, 1.807) is 6.20 Å². The molecule has 0 spiro atoms. The van der Waals surface area contributed by atoms with Gasteiger partial charge in [0.1, 0.15) is 17.7 Å². The van der Waals surface area contributed by atoms with Gasteiger partial charge in [0, 0.05) is 12.4 Å². The van der Waals surface area contributed by atoms with Gasteiger partial charge in [-0.15, -0.1) is 0 Å². The summed E-state index contributed by atoms with van der Waals surface area (Å²) in [6.07, 6.45) is 11.5. The Morgan fingerprint density at radius 2 is 1.85 bits per heavy atom. The lowest BCUT2D eigenvalue weighted by Crippen LogP contribution is -2.17. The van der Waals surface area contributed by atoms with Crippen LogP contribution in [0.15, 0.2) is 71.6 Å². The number of nitriles is 2. The van der Waals surface area contributed by atoms with Gasteiger partial charge in [-0.05, 0) is 53.2 Å². The Morgan fingerprint density at radius 3 is 2.46 bits per heavy atom. The molecular formula is C22H20N4. The van der Waals surface area contributed by atoms with Crippen molar-refractivity contribution in [1.29, 1.82) is 10.5 Å². The highest BCUT2D eigenvalue weighted by atomic mass is 15.3. The van der Waals surface area contributed by atoms with Crippen molar-refractivity contribution in [3.05, 3.63) is 77.2 Å². The van der Waals surface area contributed by atoms with Crippen LogP contribution in [0.1, 0.15) is 32.3 Å². The van der Waals surface area contributed by atoms with Crippen molar-refractivity contribution >= 4 is 6.08 Å². The Balaban J connectivity index is 1.84. The summed E-state index contributed by atoms with van der Waals surface area (Å²) in [5.74, 6) is 0. The van der Waals surface area contributed by atoms with E-state index >= 15 is 0 Å². The molecular weight excluding hydrogens is 320 g/mol. The van der Waals surface area contributed by atoms with Gasteiger partial charge in [0.05, 0.1) is 5.69 Å². The molecule has 1 aliphatic carbocycles. The molecule has 4 nitrogen and oxygen atoms in total. The lowest BCUT2D eigenvalue weighted by atomic mass is 9.74. The zero-order chi connectivity index (χ0) is 18.6. The summed E-state index contributed by atoms with van der Waals surface area (Å²) in [5, 5.41) is 22.5. The molecule has 0 unspecified atom stereocenters. The fourth-order valence-electron chi connectivity index (χ4n) is 3.26. The van der Waals surface area contributed by atoms with Crippen molar-refractivity contribution in [2.45, 2.75) is 26.7 Å². The number of allylic oxidation sites excluding steroid dienone is 5. The molecule has 0 saturated heterocycles. The van der Waals surface area contributed by atoms with Gasteiger partial charge >= 0.3 is 0 Å². The number of aromatic nitrogens is 2. The predicted octanol–water partition coefficient (Wildman–Crippen LogP) is 4.98. The van der Waals surface area contributed by atoms with Gasteiger partial charge in [-0.2, -0.15) is 15.6 Å². The van der Waals surface area contributed by atoms with Crippen LogP contribution >= 0.6 is 0 Å². The largest absolute Gasteiger partial charge is 0.241 e. The zero-order valence-electron chi connectivity index (χ0n) is 15.0. The number of rotatable bonds is 3. The fourth-order valence-corrected chi connectivity index (χ4v) is 3.26. The first-order chi connectivity index (χ1) is 12.5. The van der Waals surface area contributed by atoms with Gasteiger partial charge in [-0.25, -0.2) is 4.68 Å². The van der Waals surface area contributed by atoms with Gasteiger partial charge < -0.3 is 0 Å². The maximum atomic E-state index is 9.16. The van der Waals surface area contributed by atoms with Crippen molar-refractivity contribution < 1.29 is 0 Å². The van der Waals surface area contributed by atoms with Crippen molar-refractivity contribution in [1.82, 2.24) is 9.78 Å². The molecule has 0 N–H and O–H groups in total. The van der Waals surface area contributed by atoms with Gasteiger partial charge in [-0.3, -0.25) is 0 Å². The highest BCUT2D eigenvalue weighted by Crippen LogP contribution is 2.39. The van der Waals surface area contributed by atoms with Crippen LogP contribution in [0.25, 0.3) is 11.8 Å². The summed E-state index contributed by atoms with van der Waals surface area (Å²) in [5.41, 5.74) is 4.33. The second kappa shape index (κ2) is 7.25. The summed E-state index contributed by atoms with van der Waals surface area (Å²) in [6.45, 7) is 4.33. The lowest BCUT2D eigenvalue weighted by molar-refractivity contribution is 0.354. The molecule has 3 rings (SSSR count). The molecule has 1 aromatic heterocycles. The van der Waals surface area contributed by atoms with Crippen molar-refractivity contribution in [2.75, 3.05) is 0 Å². The third-order valence-electron chi connectivity index (χ3n) is 4.41. The molecule has 0 fully saturated rings. The minimum atomic E-state index is 0.0344. The van der Waals surface area contributed by atoms with Crippen LogP contribution in [0.2, 0.25) is 0 Å². The minimum Gasteiger partial charge on any atom is -0.241 e. The molecule has 1 aromatic carbocycles. The SMILES string of the molecule is CC1(C)CC(/C=C/c2ccc(-n3cccn3)cc2)=CC(=C(C#N)C#N)C1. The molecule has 0 saturated carbocycles. The zero-order valence-corrected chi connectivity index (χ0v) is 15.0. The van der Waals surface area contributed by atoms with E-state index in [0.29, 0.717) is 0 Å². The maximum absolute atomic E-state index is 9.16. The summed E-state index contributed by atoms with van der Waals surface area (Å²) in [4.78, 5) is 0. The van der Waals surface area contributed by atoms with E-state index in [2.05, 4.69) is 43.2 Å². The first kappa shape index (κ1) is 17.5. The van der Waals surface area contributed by atoms with Crippen LogP contribution in [-0.4, -0.2) is 9.78 Å². The summed E-state index contributed by atoms with van der Waals surface area (Å²) in [6, 6.07) is 14.1. The molecule has 2 aromatic rings. The average molecular weight is 340 g/mol. The number of hydrogen-bond acceptors (Lipinski definition) is 3. The first-order valence-electron chi connectivity index (χ1n) is 8.53. The van der Waals surface area contributed by atoms with E-state index in [4.69, 9.17) is 10.5 Å². The Kier molecular flexibility index (Phi) is 4.87. The molecule has 4 heteroatoms. The molecule has 128 valence electrons. The highest BCUT2D eigenvalue weighted by molar-refractivity contribution is 5.57.